The van der Waals surface area contributed by atoms with Gasteiger partial charge in [-0.25, -0.2) is 4.79 Å². The Morgan fingerprint density at radius 3 is 2.64 bits per heavy atom. The van der Waals surface area contributed by atoms with Crippen LogP contribution in [0.4, 0.5) is 5.69 Å². The Morgan fingerprint density at radius 1 is 1.36 bits per heavy atom. The first kappa shape index (κ1) is 15.4. The number of hydrogen-bond acceptors (Lipinski definition) is 7. The minimum Gasteiger partial charge on any atom is -0.449 e. The number of non-ortho nitro benzene ring substituents is 1. The van der Waals surface area contributed by atoms with Crippen LogP contribution in [0.3, 0.4) is 0 Å². The van der Waals surface area contributed by atoms with Gasteiger partial charge in [0.25, 0.3) is 11.6 Å². The summed E-state index contributed by atoms with van der Waals surface area (Å²) in [4.78, 5) is 21.4. The summed E-state index contributed by atoms with van der Waals surface area (Å²) in [6.45, 7) is 3.31. The molecular formula is C14H13N3O5. The quantitative estimate of drug-likeness (QED) is 0.361. The highest BCUT2D eigenvalue weighted by molar-refractivity contribution is 5.81. The van der Waals surface area contributed by atoms with Gasteiger partial charge >= 0.3 is 5.97 Å². The lowest BCUT2D eigenvalue weighted by Crippen LogP contribution is -2.06. The van der Waals surface area contributed by atoms with Crippen LogP contribution in [0.2, 0.25) is 0 Å². The van der Waals surface area contributed by atoms with E-state index >= 15 is 0 Å². The number of nitro groups is 1. The van der Waals surface area contributed by atoms with Crippen molar-refractivity contribution in [2.75, 3.05) is 0 Å². The van der Waals surface area contributed by atoms with Crippen LogP contribution in [-0.4, -0.2) is 21.1 Å². The number of ether oxygens (including phenoxy) is 1. The minimum atomic E-state index is -0.692. The zero-order valence-corrected chi connectivity index (χ0v) is 11.9. The van der Waals surface area contributed by atoms with E-state index in [4.69, 9.17) is 9.15 Å². The maximum Gasteiger partial charge on any atom is 0.331 e. The van der Waals surface area contributed by atoms with E-state index < -0.39 is 17.0 Å². The van der Waals surface area contributed by atoms with Crippen molar-refractivity contribution in [2.45, 2.75) is 20.0 Å². The first-order valence-electron chi connectivity index (χ1n) is 6.42. The third kappa shape index (κ3) is 3.54. The number of allylic oxidation sites excluding steroid dienone is 1. The molecule has 0 amide bonds. The molecule has 1 aromatic heterocycles. The lowest BCUT2D eigenvalue weighted by Gasteiger charge is -2.06. The molecule has 0 aliphatic heterocycles. The second kappa shape index (κ2) is 6.61. The molecule has 0 fully saturated rings. The number of hydrogen-bond donors (Lipinski definition) is 0. The number of carbonyl (C=O) groups is 1. The van der Waals surface area contributed by atoms with Crippen LogP contribution in [0.25, 0.3) is 11.5 Å². The van der Waals surface area contributed by atoms with Crippen molar-refractivity contribution >= 4 is 11.7 Å². The second-order valence-electron chi connectivity index (χ2n) is 4.33. The van der Waals surface area contributed by atoms with Crippen LogP contribution in [0.5, 0.6) is 0 Å². The van der Waals surface area contributed by atoms with Crippen molar-refractivity contribution in [3.05, 3.63) is 52.4 Å². The van der Waals surface area contributed by atoms with Crippen LogP contribution >= 0.6 is 0 Å². The van der Waals surface area contributed by atoms with E-state index in [0.717, 1.165) is 0 Å². The number of benzene rings is 1. The van der Waals surface area contributed by atoms with Crippen molar-refractivity contribution in [2.24, 2.45) is 0 Å². The Labute approximate surface area is 125 Å². The SMILES string of the molecule is C/C=C/C(=O)O[C@@H](C)c1nnc(-c2ccc([N+](=O)[O-])cc2)o1. The predicted octanol–water partition coefficient (Wildman–Crippen LogP) is 2.83. The number of nitro benzene ring substituents is 1. The molecule has 0 unspecified atom stereocenters. The molecule has 8 nitrogen and oxygen atoms in total. The van der Waals surface area contributed by atoms with Gasteiger partial charge in [0, 0.05) is 23.8 Å². The second-order valence-corrected chi connectivity index (χ2v) is 4.33. The van der Waals surface area contributed by atoms with Crippen LogP contribution in [0.15, 0.2) is 40.8 Å². The number of nitrogens with zero attached hydrogens (tertiary/aromatic N) is 3. The molecule has 1 atom stereocenters. The van der Waals surface area contributed by atoms with Gasteiger partial charge in [0.1, 0.15) is 0 Å². The monoisotopic (exact) mass is 303 g/mol. The summed E-state index contributed by atoms with van der Waals surface area (Å²) >= 11 is 0. The highest BCUT2D eigenvalue weighted by Crippen LogP contribution is 2.24. The number of aromatic nitrogens is 2. The molecule has 0 saturated carbocycles. The molecular weight excluding hydrogens is 290 g/mol. The fourth-order valence-corrected chi connectivity index (χ4v) is 1.64. The average molecular weight is 303 g/mol. The maximum atomic E-state index is 11.3. The minimum absolute atomic E-state index is 0.0304. The van der Waals surface area contributed by atoms with E-state index in [1.165, 1.54) is 30.3 Å². The largest absolute Gasteiger partial charge is 0.449 e. The van der Waals surface area contributed by atoms with Crippen LogP contribution in [0, 0.1) is 10.1 Å². The number of carbonyl (C=O) groups excluding carboxylic acids is 1. The molecule has 114 valence electrons. The molecule has 2 aromatic rings. The van der Waals surface area contributed by atoms with E-state index in [9.17, 15) is 14.9 Å². The molecule has 1 aromatic carbocycles. The third-order valence-corrected chi connectivity index (χ3v) is 2.71. The molecule has 2 rings (SSSR count). The van der Waals surface area contributed by atoms with Gasteiger partial charge < -0.3 is 9.15 Å². The standard InChI is InChI=1S/C14H13N3O5/c1-3-4-12(18)21-9(2)13-15-16-14(22-13)10-5-7-11(8-6-10)17(19)20/h3-9H,1-2H3/b4-3+/t9-/m0/s1. The Balaban J connectivity index is 2.13. The summed E-state index contributed by atoms with van der Waals surface area (Å²) in [6, 6.07) is 5.70. The molecule has 0 aliphatic rings. The molecule has 0 N–H and O–H groups in total. The van der Waals surface area contributed by atoms with Crippen LogP contribution < -0.4 is 0 Å². The Hall–Kier alpha value is -3.03. The zero-order chi connectivity index (χ0) is 16.1. The van der Waals surface area contributed by atoms with E-state index in [0.29, 0.717) is 5.56 Å². The molecule has 8 heteroatoms. The molecule has 1 heterocycles. The van der Waals surface area contributed by atoms with Gasteiger partial charge in [0.05, 0.1) is 4.92 Å². The van der Waals surface area contributed by atoms with Gasteiger partial charge in [0.15, 0.2) is 6.10 Å². The van der Waals surface area contributed by atoms with E-state index in [1.807, 2.05) is 0 Å². The van der Waals surface area contributed by atoms with E-state index in [1.54, 1.807) is 19.9 Å². The van der Waals surface area contributed by atoms with Gasteiger partial charge in [0.2, 0.25) is 5.89 Å². The fourth-order valence-electron chi connectivity index (χ4n) is 1.64. The van der Waals surface area contributed by atoms with Crippen molar-refractivity contribution in [3.8, 4) is 11.5 Å². The molecule has 0 aliphatic carbocycles. The third-order valence-electron chi connectivity index (χ3n) is 2.71. The van der Waals surface area contributed by atoms with Crippen molar-refractivity contribution in [3.63, 3.8) is 0 Å². The lowest BCUT2D eigenvalue weighted by molar-refractivity contribution is -0.384. The van der Waals surface area contributed by atoms with Gasteiger partial charge in [-0.3, -0.25) is 10.1 Å². The highest BCUT2D eigenvalue weighted by atomic mass is 16.6. The average Bonchev–Trinajstić information content (AvgIpc) is 2.97. The summed E-state index contributed by atoms with van der Waals surface area (Å²) in [5.74, 6) is -0.171. The molecule has 0 bridgehead atoms. The Morgan fingerprint density at radius 2 is 2.05 bits per heavy atom. The summed E-state index contributed by atoms with van der Waals surface area (Å²) in [7, 11) is 0. The van der Waals surface area contributed by atoms with Gasteiger partial charge in [-0.15, -0.1) is 10.2 Å². The smallest absolute Gasteiger partial charge is 0.331 e. The summed E-state index contributed by atoms with van der Waals surface area (Å²) in [5, 5.41) is 18.2. The Kier molecular flexibility index (Phi) is 4.62. The zero-order valence-electron chi connectivity index (χ0n) is 11.9. The van der Waals surface area contributed by atoms with Gasteiger partial charge in [-0.1, -0.05) is 6.08 Å². The molecule has 0 spiro atoms. The Bertz CT molecular complexity index is 706. The topological polar surface area (TPSA) is 108 Å². The summed E-state index contributed by atoms with van der Waals surface area (Å²) in [5.41, 5.74) is 0.508. The summed E-state index contributed by atoms with van der Waals surface area (Å²) < 4.78 is 10.5. The first-order chi connectivity index (χ1) is 10.5. The molecule has 0 saturated heterocycles. The van der Waals surface area contributed by atoms with Crippen LogP contribution in [-0.2, 0) is 9.53 Å². The number of rotatable bonds is 5. The highest BCUT2D eigenvalue weighted by Gasteiger charge is 2.18. The lowest BCUT2D eigenvalue weighted by atomic mass is 10.2. The van der Waals surface area contributed by atoms with Crippen molar-refractivity contribution < 1.29 is 18.9 Å². The number of esters is 1. The summed E-state index contributed by atoms with van der Waals surface area (Å²) in [6.07, 6.45) is 2.15. The fraction of sp³-hybridized carbons (Fsp3) is 0.214. The molecule has 22 heavy (non-hydrogen) atoms. The predicted molar refractivity (Wildman–Crippen MR) is 75.7 cm³/mol. The van der Waals surface area contributed by atoms with Crippen LogP contribution in [0.1, 0.15) is 25.8 Å². The maximum absolute atomic E-state index is 11.3. The van der Waals surface area contributed by atoms with Crippen molar-refractivity contribution in [1.82, 2.24) is 10.2 Å². The molecule has 0 radical (unpaired) electrons. The van der Waals surface area contributed by atoms with E-state index in [-0.39, 0.29) is 17.5 Å². The normalized spacial score (nSPS) is 12.3. The van der Waals surface area contributed by atoms with Gasteiger partial charge in [-0.05, 0) is 26.0 Å². The van der Waals surface area contributed by atoms with Crippen molar-refractivity contribution in [1.29, 1.82) is 0 Å². The first-order valence-corrected chi connectivity index (χ1v) is 6.42. The van der Waals surface area contributed by atoms with Gasteiger partial charge in [-0.2, -0.15) is 0 Å². The van der Waals surface area contributed by atoms with E-state index in [2.05, 4.69) is 10.2 Å².